The molecule has 1 N–H and O–H groups in total. The van der Waals surface area contributed by atoms with Gasteiger partial charge in [-0.15, -0.1) is 0 Å². The zero-order valence-electron chi connectivity index (χ0n) is 21.1. The number of amides is 2. The summed E-state index contributed by atoms with van der Waals surface area (Å²) in [6.07, 6.45) is 1.51. The second-order valence-electron chi connectivity index (χ2n) is 8.95. The number of nitrogens with one attached hydrogen (secondary N) is 1. The molecular formula is C30H23ClFN3O3S. The molecule has 0 radical (unpaired) electrons. The molecule has 1 saturated heterocycles. The predicted octanol–water partition coefficient (Wildman–Crippen LogP) is 6.30. The average molecular weight is 560 g/mol. The summed E-state index contributed by atoms with van der Waals surface area (Å²) in [5.41, 5.74) is 4.00. The maximum absolute atomic E-state index is 14.5. The zero-order chi connectivity index (χ0) is 27.7. The van der Waals surface area contributed by atoms with E-state index in [-0.39, 0.29) is 16.4 Å². The molecule has 0 atom stereocenters. The van der Waals surface area contributed by atoms with E-state index in [0.29, 0.717) is 22.9 Å². The number of hydrogen-bond donors (Lipinski definition) is 1. The lowest BCUT2D eigenvalue weighted by Gasteiger charge is -2.29. The van der Waals surface area contributed by atoms with Crippen LogP contribution in [0.2, 0.25) is 5.02 Å². The van der Waals surface area contributed by atoms with Gasteiger partial charge in [0.15, 0.2) is 5.11 Å². The van der Waals surface area contributed by atoms with Crippen LogP contribution in [-0.4, -0.2) is 21.5 Å². The van der Waals surface area contributed by atoms with Crippen LogP contribution in [0.4, 0.5) is 10.1 Å². The topological polar surface area (TPSA) is 63.6 Å². The molecule has 1 aromatic heterocycles. The Morgan fingerprint density at radius 2 is 1.69 bits per heavy atom. The molecule has 9 heteroatoms. The normalized spacial score (nSPS) is 14.6. The number of benzene rings is 3. The summed E-state index contributed by atoms with van der Waals surface area (Å²) in [5.74, 6) is -1.26. The van der Waals surface area contributed by atoms with Gasteiger partial charge in [-0.1, -0.05) is 41.9 Å². The van der Waals surface area contributed by atoms with Crippen molar-refractivity contribution in [3.8, 4) is 11.4 Å². The first-order valence-corrected chi connectivity index (χ1v) is 12.8. The van der Waals surface area contributed by atoms with Crippen molar-refractivity contribution in [3.63, 3.8) is 0 Å². The number of para-hydroxylation sites is 1. The number of anilines is 1. The fourth-order valence-electron chi connectivity index (χ4n) is 4.46. The van der Waals surface area contributed by atoms with Crippen LogP contribution >= 0.6 is 23.8 Å². The first kappa shape index (κ1) is 26.3. The third-order valence-electron chi connectivity index (χ3n) is 6.41. The van der Waals surface area contributed by atoms with Crippen LogP contribution in [0.3, 0.4) is 0 Å². The van der Waals surface area contributed by atoms with Gasteiger partial charge in [-0.05, 0) is 86.2 Å². The average Bonchev–Trinajstić information content (AvgIpc) is 3.19. The Balaban J connectivity index is 1.41. The van der Waals surface area contributed by atoms with E-state index in [0.717, 1.165) is 27.5 Å². The Labute approximate surface area is 235 Å². The lowest BCUT2D eigenvalue weighted by Crippen LogP contribution is -2.54. The van der Waals surface area contributed by atoms with Crippen molar-refractivity contribution in [2.24, 2.45) is 0 Å². The van der Waals surface area contributed by atoms with E-state index in [1.54, 1.807) is 6.07 Å². The van der Waals surface area contributed by atoms with Crippen LogP contribution in [0.25, 0.3) is 11.8 Å². The van der Waals surface area contributed by atoms with E-state index in [1.165, 1.54) is 24.3 Å². The number of thiocarbonyl (C=S) groups is 1. The molecule has 196 valence electrons. The van der Waals surface area contributed by atoms with Gasteiger partial charge in [-0.25, -0.2) is 9.29 Å². The van der Waals surface area contributed by atoms with Crippen LogP contribution in [0.15, 0.2) is 84.4 Å². The van der Waals surface area contributed by atoms with Gasteiger partial charge >= 0.3 is 0 Å². The van der Waals surface area contributed by atoms with Crippen molar-refractivity contribution in [3.05, 3.63) is 118 Å². The first-order chi connectivity index (χ1) is 18.7. The quantitative estimate of drug-likeness (QED) is 0.171. The molecule has 6 nitrogen and oxygen atoms in total. The smallest absolute Gasteiger partial charge is 0.270 e. The van der Waals surface area contributed by atoms with Crippen LogP contribution < -0.4 is 15.0 Å². The number of nitrogens with zero attached hydrogens (tertiary/aromatic N) is 2. The highest BCUT2D eigenvalue weighted by molar-refractivity contribution is 7.80. The molecule has 5 rings (SSSR count). The SMILES string of the molecule is Cc1cc(/C=C2\C(=O)NC(=S)N(c3ccccc3F)C2=O)c(C)n1-c1ccc(OCc2ccccc2Cl)cc1. The van der Waals surface area contributed by atoms with E-state index in [4.69, 9.17) is 28.6 Å². The molecule has 0 bridgehead atoms. The lowest BCUT2D eigenvalue weighted by atomic mass is 10.1. The highest BCUT2D eigenvalue weighted by atomic mass is 35.5. The number of halogens is 2. The number of ether oxygens (including phenoxy) is 1. The number of hydrogen-bond acceptors (Lipinski definition) is 4. The molecule has 1 aliphatic rings. The van der Waals surface area contributed by atoms with Gasteiger partial charge < -0.3 is 9.30 Å². The van der Waals surface area contributed by atoms with Gasteiger partial charge in [-0.3, -0.25) is 14.9 Å². The number of aryl methyl sites for hydroxylation is 1. The fourth-order valence-corrected chi connectivity index (χ4v) is 4.93. The van der Waals surface area contributed by atoms with Crippen molar-refractivity contribution in [2.45, 2.75) is 20.5 Å². The van der Waals surface area contributed by atoms with Crippen molar-refractivity contribution >= 4 is 52.5 Å². The summed E-state index contributed by atoms with van der Waals surface area (Å²) in [7, 11) is 0. The minimum Gasteiger partial charge on any atom is -0.489 e. The van der Waals surface area contributed by atoms with Gasteiger partial charge in [-0.2, -0.15) is 0 Å². The standard InChI is InChI=1S/C30H23ClFN3O3S/c1-18-15-21(16-24-28(36)33-30(39)35(29(24)37)27-10-6-5-9-26(27)32)19(2)34(18)22-11-13-23(14-12-22)38-17-20-7-3-4-8-25(20)31/h3-16H,17H2,1-2H3,(H,33,36,39)/b24-16+. The summed E-state index contributed by atoms with van der Waals surface area (Å²) >= 11 is 11.4. The van der Waals surface area contributed by atoms with E-state index >= 15 is 0 Å². The second kappa shape index (κ2) is 10.8. The molecule has 2 heterocycles. The molecule has 1 aliphatic heterocycles. The van der Waals surface area contributed by atoms with Crippen molar-refractivity contribution < 1.29 is 18.7 Å². The molecule has 0 spiro atoms. The Hall–Kier alpha value is -4.27. The molecule has 2 amide bonds. The first-order valence-electron chi connectivity index (χ1n) is 12.1. The predicted molar refractivity (Wildman–Crippen MR) is 154 cm³/mol. The second-order valence-corrected chi connectivity index (χ2v) is 9.74. The van der Waals surface area contributed by atoms with Crippen molar-refractivity contribution in [1.29, 1.82) is 0 Å². The Morgan fingerprint density at radius 3 is 2.41 bits per heavy atom. The van der Waals surface area contributed by atoms with Crippen LogP contribution in [0.1, 0.15) is 22.5 Å². The van der Waals surface area contributed by atoms with E-state index in [2.05, 4.69) is 5.32 Å². The number of carbonyl (C=O) groups excluding carboxylic acids is 2. The van der Waals surface area contributed by atoms with Gasteiger partial charge in [0.1, 0.15) is 23.7 Å². The number of rotatable bonds is 6. The largest absolute Gasteiger partial charge is 0.489 e. The molecule has 0 saturated carbocycles. The molecule has 3 aromatic carbocycles. The highest BCUT2D eigenvalue weighted by Gasteiger charge is 2.35. The van der Waals surface area contributed by atoms with E-state index in [9.17, 15) is 14.0 Å². The van der Waals surface area contributed by atoms with Gasteiger partial charge in [0.25, 0.3) is 11.8 Å². The summed E-state index contributed by atoms with van der Waals surface area (Å²) in [5, 5.41) is 2.98. The minimum absolute atomic E-state index is 0.0271. The summed E-state index contributed by atoms with van der Waals surface area (Å²) in [6.45, 7) is 4.17. The van der Waals surface area contributed by atoms with Gasteiger partial charge in [0.05, 0.1) is 5.69 Å². The Morgan fingerprint density at radius 1 is 1.00 bits per heavy atom. The molecule has 0 unspecified atom stereocenters. The molecule has 0 aliphatic carbocycles. The minimum atomic E-state index is -0.696. The third-order valence-corrected chi connectivity index (χ3v) is 7.07. The molecule has 1 fully saturated rings. The van der Waals surface area contributed by atoms with Crippen LogP contribution in [0.5, 0.6) is 5.75 Å². The Kier molecular flexibility index (Phi) is 7.32. The highest BCUT2D eigenvalue weighted by Crippen LogP contribution is 2.28. The summed E-state index contributed by atoms with van der Waals surface area (Å²) < 4.78 is 22.4. The summed E-state index contributed by atoms with van der Waals surface area (Å²) in [4.78, 5) is 27.1. The fraction of sp³-hybridized carbons (Fsp3) is 0.100. The van der Waals surface area contributed by atoms with E-state index < -0.39 is 17.6 Å². The zero-order valence-corrected chi connectivity index (χ0v) is 22.6. The molecule has 4 aromatic rings. The number of aromatic nitrogens is 1. The number of carbonyl (C=O) groups is 2. The maximum atomic E-state index is 14.5. The van der Waals surface area contributed by atoms with Crippen LogP contribution in [-0.2, 0) is 16.2 Å². The third kappa shape index (κ3) is 5.21. The monoisotopic (exact) mass is 559 g/mol. The summed E-state index contributed by atoms with van der Waals surface area (Å²) in [6, 6.07) is 22.8. The van der Waals surface area contributed by atoms with Crippen molar-refractivity contribution in [1.82, 2.24) is 9.88 Å². The van der Waals surface area contributed by atoms with Gasteiger partial charge in [0.2, 0.25) is 0 Å². The molecule has 39 heavy (non-hydrogen) atoms. The molecular weight excluding hydrogens is 537 g/mol. The van der Waals surface area contributed by atoms with E-state index in [1.807, 2.05) is 73.0 Å². The van der Waals surface area contributed by atoms with Crippen molar-refractivity contribution in [2.75, 3.05) is 4.90 Å². The Bertz CT molecular complexity index is 1650. The maximum Gasteiger partial charge on any atom is 0.270 e. The lowest BCUT2D eigenvalue weighted by molar-refractivity contribution is -0.122. The van der Waals surface area contributed by atoms with Gasteiger partial charge in [0, 0.05) is 27.7 Å². The van der Waals surface area contributed by atoms with Crippen LogP contribution in [0, 0.1) is 19.7 Å².